The van der Waals surface area contributed by atoms with Crippen LogP contribution in [0.1, 0.15) is 13.3 Å². The lowest BCUT2D eigenvalue weighted by molar-refractivity contribution is -0.137. The fourth-order valence-electron chi connectivity index (χ4n) is 1.39. The highest BCUT2D eigenvalue weighted by atomic mass is 16.5. The summed E-state index contributed by atoms with van der Waals surface area (Å²) >= 11 is 0. The Kier molecular flexibility index (Phi) is 3.50. The quantitative estimate of drug-likeness (QED) is 0.556. The van der Waals surface area contributed by atoms with Crippen LogP contribution in [0.5, 0.6) is 0 Å². The standard InChI is InChI=1S/C11H12O5/c1-6-8(11(14)15)4-3-5-9(6)16-7(2)10(12)13/h3-4,9H,2,5H2,1H3,(H,12,13)(H,14,15). The molecule has 1 aliphatic carbocycles. The van der Waals surface area contributed by atoms with E-state index < -0.39 is 18.0 Å². The van der Waals surface area contributed by atoms with Crippen LogP contribution in [-0.2, 0) is 14.3 Å². The van der Waals surface area contributed by atoms with Crippen LogP contribution in [0.25, 0.3) is 0 Å². The van der Waals surface area contributed by atoms with E-state index in [0.29, 0.717) is 12.0 Å². The van der Waals surface area contributed by atoms with E-state index in [1.54, 1.807) is 13.0 Å². The average molecular weight is 224 g/mol. The summed E-state index contributed by atoms with van der Waals surface area (Å²) in [6.45, 7) is 4.84. The third kappa shape index (κ3) is 2.50. The molecule has 0 aromatic heterocycles. The predicted molar refractivity (Wildman–Crippen MR) is 55.7 cm³/mol. The van der Waals surface area contributed by atoms with E-state index in [9.17, 15) is 9.59 Å². The number of carboxylic acid groups (broad SMARTS) is 2. The van der Waals surface area contributed by atoms with Crippen molar-refractivity contribution in [1.82, 2.24) is 0 Å². The molecule has 2 N–H and O–H groups in total. The van der Waals surface area contributed by atoms with Gasteiger partial charge in [-0.15, -0.1) is 0 Å². The maximum Gasteiger partial charge on any atom is 0.370 e. The molecule has 0 fully saturated rings. The summed E-state index contributed by atoms with van der Waals surface area (Å²) in [4.78, 5) is 21.3. The minimum Gasteiger partial charge on any atom is -0.479 e. The zero-order valence-electron chi connectivity index (χ0n) is 8.77. The molecule has 0 heterocycles. The summed E-state index contributed by atoms with van der Waals surface area (Å²) in [7, 11) is 0. The van der Waals surface area contributed by atoms with Crippen molar-refractivity contribution < 1.29 is 24.5 Å². The fraction of sp³-hybridized carbons (Fsp3) is 0.273. The SMILES string of the molecule is C=C(OC1CC=CC(C(=O)O)=C1C)C(=O)O. The number of carbonyl (C=O) groups is 2. The van der Waals surface area contributed by atoms with Crippen LogP contribution in [0.15, 0.2) is 35.6 Å². The van der Waals surface area contributed by atoms with Crippen molar-refractivity contribution in [2.75, 3.05) is 0 Å². The summed E-state index contributed by atoms with van der Waals surface area (Å²) in [5.41, 5.74) is 0.631. The lowest BCUT2D eigenvalue weighted by Crippen LogP contribution is -2.21. The summed E-state index contributed by atoms with van der Waals surface area (Å²) in [6.07, 6.45) is 2.99. The second-order valence-corrected chi connectivity index (χ2v) is 3.37. The Bertz CT molecular complexity index is 403. The largest absolute Gasteiger partial charge is 0.479 e. The van der Waals surface area contributed by atoms with E-state index in [1.165, 1.54) is 6.08 Å². The molecule has 0 saturated heterocycles. The van der Waals surface area contributed by atoms with Gasteiger partial charge in [0.15, 0.2) is 5.76 Å². The van der Waals surface area contributed by atoms with Crippen LogP contribution in [-0.4, -0.2) is 28.3 Å². The molecular weight excluding hydrogens is 212 g/mol. The molecule has 0 radical (unpaired) electrons. The number of aliphatic carboxylic acids is 2. The predicted octanol–water partition coefficient (Wildman–Crippen LogP) is 1.33. The molecule has 16 heavy (non-hydrogen) atoms. The molecule has 0 amide bonds. The van der Waals surface area contributed by atoms with E-state index in [4.69, 9.17) is 14.9 Å². The topological polar surface area (TPSA) is 83.8 Å². The van der Waals surface area contributed by atoms with Gasteiger partial charge in [0.25, 0.3) is 0 Å². The lowest BCUT2D eigenvalue weighted by atomic mass is 9.96. The molecule has 1 unspecified atom stereocenters. The van der Waals surface area contributed by atoms with Gasteiger partial charge in [-0.05, 0) is 19.1 Å². The molecule has 5 nitrogen and oxygen atoms in total. The Labute approximate surface area is 92.3 Å². The van der Waals surface area contributed by atoms with Crippen LogP contribution in [0.4, 0.5) is 0 Å². The first kappa shape index (κ1) is 12.0. The van der Waals surface area contributed by atoms with Crippen LogP contribution >= 0.6 is 0 Å². The van der Waals surface area contributed by atoms with Gasteiger partial charge in [-0.2, -0.15) is 0 Å². The van der Waals surface area contributed by atoms with Crippen molar-refractivity contribution in [2.24, 2.45) is 0 Å². The van der Waals surface area contributed by atoms with Crippen molar-refractivity contribution in [3.8, 4) is 0 Å². The molecule has 1 atom stereocenters. The third-order valence-corrected chi connectivity index (χ3v) is 2.30. The van der Waals surface area contributed by atoms with Crippen molar-refractivity contribution in [3.63, 3.8) is 0 Å². The monoisotopic (exact) mass is 224 g/mol. The highest BCUT2D eigenvalue weighted by molar-refractivity contribution is 5.91. The highest BCUT2D eigenvalue weighted by Crippen LogP contribution is 2.23. The molecule has 1 aliphatic rings. The van der Waals surface area contributed by atoms with Gasteiger partial charge in [0, 0.05) is 6.42 Å². The lowest BCUT2D eigenvalue weighted by Gasteiger charge is -2.22. The zero-order valence-corrected chi connectivity index (χ0v) is 8.77. The second kappa shape index (κ2) is 4.65. The molecule has 0 aliphatic heterocycles. The summed E-state index contributed by atoms with van der Waals surface area (Å²) in [6, 6.07) is 0. The molecule has 5 heteroatoms. The van der Waals surface area contributed by atoms with Crippen molar-refractivity contribution in [2.45, 2.75) is 19.4 Å². The smallest absolute Gasteiger partial charge is 0.370 e. The Morgan fingerprint density at radius 2 is 2.12 bits per heavy atom. The fourth-order valence-corrected chi connectivity index (χ4v) is 1.39. The molecule has 1 rings (SSSR count). The van der Waals surface area contributed by atoms with Gasteiger partial charge in [-0.3, -0.25) is 0 Å². The Morgan fingerprint density at radius 3 is 2.62 bits per heavy atom. The average Bonchev–Trinajstić information content (AvgIpc) is 2.20. The summed E-state index contributed by atoms with van der Waals surface area (Å²) < 4.78 is 5.08. The van der Waals surface area contributed by atoms with E-state index in [-0.39, 0.29) is 11.3 Å². The first-order valence-electron chi connectivity index (χ1n) is 4.63. The zero-order chi connectivity index (χ0) is 12.3. The minimum absolute atomic E-state index is 0.134. The molecule has 0 aromatic rings. The number of hydrogen-bond acceptors (Lipinski definition) is 3. The van der Waals surface area contributed by atoms with E-state index >= 15 is 0 Å². The van der Waals surface area contributed by atoms with Crippen molar-refractivity contribution in [1.29, 1.82) is 0 Å². The molecule has 0 saturated carbocycles. The van der Waals surface area contributed by atoms with Crippen molar-refractivity contribution in [3.05, 3.63) is 35.6 Å². The molecule has 0 bridgehead atoms. The second-order valence-electron chi connectivity index (χ2n) is 3.37. The van der Waals surface area contributed by atoms with Gasteiger partial charge in [0.2, 0.25) is 0 Å². The first-order chi connectivity index (χ1) is 7.43. The third-order valence-electron chi connectivity index (χ3n) is 2.30. The van der Waals surface area contributed by atoms with Crippen LogP contribution in [0.2, 0.25) is 0 Å². The van der Waals surface area contributed by atoms with Gasteiger partial charge in [0.05, 0.1) is 5.57 Å². The van der Waals surface area contributed by atoms with Crippen LogP contribution in [0, 0.1) is 0 Å². The number of rotatable bonds is 4. The summed E-state index contributed by atoms with van der Waals surface area (Å²) in [5.74, 6) is -2.69. The van der Waals surface area contributed by atoms with E-state index in [1.807, 2.05) is 0 Å². The van der Waals surface area contributed by atoms with Crippen LogP contribution < -0.4 is 0 Å². The van der Waals surface area contributed by atoms with Crippen molar-refractivity contribution >= 4 is 11.9 Å². The van der Waals surface area contributed by atoms with Gasteiger partial charge < -0.3 is 14.9 Å². The Balaban J connectivity index is 2.85. The molecule has 86 valence electrons. The Morgan fingerprint density at radius 1 is 1.50 bits per heavy atom. The number of hydrogen-bond donors (Lipinski definition) is 2. The van der Waals surface area contributed by atoms with Gasteiger partial charge in [-0.1, -0.05) is 12.2 Å². The van der Waals surface area contributed by atoms with E-state index in [2.05, 4.69) is 6.58 Å². The highest BCUT2D eigenvalue weighted by Gasteiger charge is 2.23. The molecule has 0 spiro atoms. The number of ether oxygens (including phenoxy) is 1. The Hall–Kier alpha value is -2.04. The maximum atomic E-state index is 10.8. The van der Waals surface area contributed by atoms with Gasteiger partial charge in [-0.25, -0.2) is 9.59 Å². The van der Waals surface area contributed by atoms with Crippen LogP contribution in [0.3, 0.4) is 0 Å². The first-order valence-corrected chi connectivity index (χ1v) is 4.63. The molecule has 0 aromatic carbocycles. The van der Waals surface area contributed by atoms with Gasteiger partial charge >= 0.3 is 11.9 Å². The number of carboxylic acids is 2. The summed E-state index contributed by atoms with van der Waals surface area (Å²) in [5, 5.41) is 17.5. The van der Waals surface area contributed by atoms with Gasteiger partial charge in [0.1, 0.15) is 6.10 Å². The molecular formula is C11H12O5. The maximum absolute atomic E-state index is 10.8. The normalized spacial score (nSPS) is 19.4. The van der Waals surface area contributed by atoms with E-state index in [0.717, 1.165) is 0 Å². The minimum atomic E-state index is -1.25.